The van der Waals surface area contributed by atoms with E-state index in [0.29, 0.717) is 10.3 Å². The van der Waals surface area contributed by atoms with Crippen molar-refractivity contribution in [3.05, 3.63) is 23.2 Å². The lowest BCUT2D eigenvalue weighted by Gasteiger charge is -2.20. The quantitative estimate of drug-likeness (QED) is 0.907. The highest BCUT2D eigenvalue weighted by molar-refractivity contribution is 7.99. The normalized spacial score (nSPS) is 17.7. The van der Waals surface area contributed by atoms with Crippen molar-refractivity contribution in [2.75, 3.05) is 13.1 Å². The number of piperidine rings is 1. The smallest absolute Gasteiger partial charge is 0.257 e. The van der Waals surface area contributed by atoms with Crippen molar-refractivity contribution in [3.63, 3.8) is 0 Å². The van der Waals surface area contributed by atoms with Gasteiger partial charge in [0.1, 0.15) is 5.52 Å². The molecule has 2 heterocycles. The highest BCUT2D eigenvalue weighted by Crippen LogP contribution is 2.31. The molecule has 17 heavy (non-hydrogen) atoms. The molecule has 0 saturated carbocycles. The first-order valence-corrected chi connectivity index (χ1v) is 7.00. The Bertz CT molecular complexity index is 522. The van der Waals surface area contributed by atoms with Crippen LogP contribution >= 0.6 is 23.4 Å². The molecule has 3 nitrogen and oxygen atoms in total. The molecule has 0 bridgehead atoms. The van der Waals surface area contributed by atoms with E-state index in [2.05, 4.69) is 10.3 Å². The second kappa shape index (κ2) is 4.88. The fourth-order valence-corrected chi connectivity index (χ4v) is 3.20. The zero-order valence-corrected chi connectivity index (χ0v) is 10.9. The van der Waals surface area contributed by atoms with Crippen molar-refractivity contribution in [1.29, 1.82) is 0 Å². The van der Waals surface area contributed by atoms with Crippen LogP contribution in [0.15, 0.2) is 27.8 Å². The third-order valence-corrected chi connectivity index (χ3v) is 4.30. The average molecular weight is 269 g/mol. The SMILES string of the molecule is Clc1ccc2oc(SC3CCNCC3)nc2c1. The number of rotatable bonds is 2. The van der Waals surface area contributed by atoms with Crippen molar-refractivity contribution >= 4 is 34.5 Å². The van der Waals surface area contributed by atoms with Crippen LogP contribution < -0.4 is 5.32 Å². The average Bonchev–Trinajstić information content (AvgIpc) is 2.71. The van der Waals surface area contributed by atoms with Crippen molar-refractivity contribution in [2.24, 2.45) is 0 Å². The summed E-state index contributed by atoms with van der Waals surface area (Å²) in [5.74, 6) is 0. The van der Waals surface area contributed by atoms with E-state index in [4.69, 9.17) is 16.0 Å². The molecule has 1 N–H and O–H groups in total. The molecular formula is C12H13ClN2OS. The standard InChI is InChI=1S/C12H13ClN2OS/c13-8-1-2-11-10(7-8)15-12(16-11)17-9-3-5-14-6-4-9/h1-2,7,9,14H,3-6H2. The molecule has 5 heteroatoms. The first-order valence-electron chi connectivity index (χ1n) is 5.75. The van der Waals surface area contributed by atoms with Crippen LogP contribution in [0.25, 0.3) is 11.1 Å². The van der Waals surface area contributed by atoms with Crippen molar-refractivity contribution < 1.29 is 4.42 Å². The van der Waals surface area contributed by atoms with E-state index in [9.17, 15) is 0 Å². The van der Waals surface area contributed by atoms with Crippen LogP contribution in [-0.4, -0.2) is 23.3 Å². The highest BCUT2D eigenvalue weighted by Gasteiger charge is 2.17. The van der Waals surface area contributed by atoms with E-state index >= 15 is 0 Å². The number of aromatic nitrogens is 1. The van der Waals surface area contributed by atoms with Gasteiger partial charge in [-0.15, -0.1) is 0 Å². The number of benzene rings is 1. The monoisotopic (exact) mass is 268 g/mol. The first-order chi connectivity index (χ1) is 8.31. The maximum Gasteiger partial charge on any atom is 0.257 e. The van der Waals surface area contributed by atoms with E-state index in [1.807, 2.05) is 18.2 Å². The van der Waals surface area contributed by atoms with Crippen LogP contribution in [0.3, 0.4) is 0 Å². The summed E-state index contributed by atoms with van der Waals surface area (Å²) in [6, 6.07) is 5.54. The molecule has 1 aliphatic heterocycles. The third-order valence-electron chi connectivity index (χ3n) is 2.88. The van der Waals surface area contributed by atoms with Crippen LogP contribution in [0, 0.1) is 0 Å². The minimum atomic E-state index is 0.611. The molecule has 90 valence electrons. The van der Waals surface area contributed by atoms with Gasteiger partial charge in [-0.3, -0.25) is 0 Å². The van der Waals surface area contributed by atoms with Crippen LogP contribution in [-0.2, 0) is 0 Å². The van der Waals surface area contributed by atoms with Gasteiger partial charge in [-0.05, 0) is 44.1 Å². The van der Waals surface area contributed by atoms with Gasteiger partial charge in [0, 0.05) is 10.3 Å². The van der Waals surface area contributed by atoms with E-state index in [0.717, 1.165) is 29.4 Å². The van der Waals surface area contributed by atoms with Gasteiger partial charge in [0.2, 0.25) is 0 Å². The summed E-state index contributed by atoms with van der Waals surface area (Å²) in [6.45, 7) is 2.17. The van der Waals surface area contributed by atoms with Gasteiger partial charge in [-0.2, -0.15) is 0 Å². The zero-order valence-electron chi connectivity index (χ0n) is 9.28. The summed E-state index contributed by atoms with van der Waals surface area (Å²) in [4.78, 5) is 4.46. The topological polar surface area (TPSA) is 38.1 Å². The summed E-state index contributed by atoms with van der Waals surface area (Å²) >= 11 is 7.66. The molecule has 1 fully saturated rings. The Kier molecular flexibility index (Phi) is 3.27. The Labute approximate surface area is 109 Å². The molecule has 0 radical (unpaired) electrons. The minimum absolute atomic E-state index is 0.611. The Morgan fingerprint density at radius 2 is 2.18 bits per heavy atom. The molecule has 1 aliphatic rings. The minimum Gasteiger partial charge on any atom is -0.431 e. The Morgan fingerprint density at radius 3 is 3.00 bits per heavy atom. The van der Waals surface area contributed by atoms with Crippen molar-refractivity contribution in [2.45, 2.75) is 23.3 Å². The Balaban J connectivity index is 1.80. The number of thioether (sulfide) groups is 1. The Hall–Kier alpha value is -0.710. The van der Waals surface area contributed by atoms with Gasteiger partial charge >= 0.3 is 0 Å². The first kappa shape index (κ1) is 11.4. The van der Waals surface area contributed by atoms with Crippen molar-refractivity contribution in [1.82, 2.24) is 10.3 Å². The van der Waals surface area contributed by atoms with Gasteiger partial charge in [0.15, 0.2) is 5.58 Å². The van der Waals surface area contributed by atoms with E-state index in [-0.39, 0.29) is 0 Å². The van der Waals surface area contributed by atoms with Gasteiger partial charge < -0.3 is 9.73 Å². The molecule has 3 rings (SSSR count). The number of oxazole rings is 1. The molecule has 2 aromatic rings. The molecule has 0 amide bonds. The van der Waals surface area contributed by atoms with Gasteiger partial charge in [-0.25, -0.2) is 4.98 Å². The summed E-state index contributed by atoms with van der Waals surface area (Å²) in [7, 11) is 0. The van der Waals surface area contributed by atoms with Crippen LogP contribution in [0.1, 0.15) is 12.8 Å². The molecule has 1 aromatic carbocycles. The number of nitrogens with zero attached hydrogens (tertiary/aromatic N) is 1. The number of hydrogen-bond donors (Lipinski definition) is 1. The second-order valence-electron chi connectivity index (χ2n) is 4.16. The zero-order chi connectivity index (χ0) is 11.7. The van der Waals surface area contributed by atoms with Crippen LogP contribution in [0.2, 0.25) is 5.02 Å². The molecule has 0 spiro atoms. The fourth-order valence-electron chi connectivity index (χ4n) is 1.99. The van der Waals surface area contributed by atoms with E-state index < -0.39 is 0 Å². The number of halogens is 1. The lowest BCUT2D eigenvalue weighted by molar-refractivity contribution is 0.480. The second-order valence-corrected chi connectivity index (χ2v) is 5.85. The molecule has 0 atom stereocenters. The van der Waals surface area contributed by atoms with Crippen LogP contribution in [0.5, 0.6) is 0 Å². The maximum atomic E-state index is 5.92. The molecule has 0 aliphatic carbocycles. The fraction of sp³-hybridized carbons (Fsp3) is 0.417. The van der Waals surface area contributed by atoms with Gasteiger partial charge in [0.25, 0.3) is 5.22 Å². The lowest BCUT2D eigenvalue weighted by Crippen LogP contribution is -2.29. The predicted molar refractivity (Wildman–Crippen MR) is 70.8 cm³/mol. The summed E-state index contributed by atoms with van der Waals surface area (Å²) in [5.41, 5.74) is 1.65. The van der Waals surface area contributed by atoms with Gasteiger partial charge in [-0.1, -0.05) is 23.4 Å². The molecular weight excluding hydrogens is 256 g/mol. The Morgan fingerprint density at radius 1 is 1.35 bits per heavy atom. The van der Waals surface area contributed by atoms with Crippen molar-refractivity contribution in [3.8, 4) is 0 Å². The molecule has 1 saturated heterocycles. The van der Waals surface area contributed by atoms with Crippen LogP contribution in [0.4, 0.5) is 0 Å². The summed E-state index contributed by atoms with van der Waals surface area (Å²) in [6.07, 6.45) is 2.34. The summed E-state index contributed by atoms with van der Waals surface area (Å²) in [5, 5.41) is 5.42. The van der Waals surface area contributed by atoms with Gasteiger partial charge in [0.05, 0.1) is 0 Å². The largest absolute Gasteiger partial charge is 0.431 e. The summed E-state index contributed by atoms with van der Waals surface area (Å²) < 4.78 is 5.70. The number of hydrogen-bond acceptors (Lipinski definition) is 4. The van der Waals surface area contributed by atoms with E-state index in [1.165, 1.54) is 12.8 Å². The highest BCUT2D eigenvalue weighted by atomic mass is 35.5. The maximum absolute atomic E-state index is 5.92. The molecule has 1 aromatic heterocycles. The third kappa shape index (κ3) is 2.59. The number of fused-ring (bicyclic) bond motifs is 1. The van der Waals surface area contributed by atoms with E-state index in [1.54, 1.807) is 11.8 Å². The molecule has 0 unspecified atom stereocenters. The lowest BCUT2D eigenvalue weighted by atomic mass is 10.2. The predicted octanol–water partition coefficient (Wildman–Crippen LogP) is 3.33. The number of nitrogens with one attached hydrogen (secondary N) is 1.